The molecule has 0 bridgehead atoms. The number of sulfonamides is 1. The minimum absolute atomic E-state index is 0.0355. The minimum Gasteiger partial charge on any atom is -0.382 e. The van der Waals surface area contributed by atoms with E-state index >= 15 is 0 Å². The molecule has 14 heteroatoms. The summed E-state index contributed by atoms with van der Waals surface area (Å²) in [4.78, 5) is 19.5. The Bertz CT molecular complexity index is 1390. The van der Waals surface area contributed by atoms with Crippen molar-refractivity contribution in [3.63, 3.8) is 0 Å². The molecule has 1 aromatic carbocycles. The standard InChI is InChI=1S/C24H27F3N6O4S/c25-24(26,27)16-1-3-17(4-2-16)38(36,37)33-13-22(14-33)11-32(12-22)20(34)31-9-21(10-31)7-15(8-21)18-28-19(30-29-18)23(35)5-6-23/h1-4,15,35H,5-14H2,(H,28,29,30). The number of aliphatic hydroxyl groups is 1. The average molecular weight is 553 g/mol. The van der Waals surface area contributed by atoms with Gasteiger partial charge in [0, 0.05) is 56.0 Å². The third-order valence-corrected chi connectivity index (χ3v) is 10.7. The zero-order valence-electron chi connectivity index (χ0n) is 20.4. The first kappa shape index (κ1) is 24.3. The van der Waals surface area contributed by atoms with Crippen LogP contribution < -0.4 is 0 Å². The molecule has 38 heavy (non-hydrogen) atoms. The zero-order chi connectivity index (χ0) is 26.7. The van der Waals surface area contributed by atoms with Crippen LogP contribution in [-0.4, -0.2) is 88.1 Å². The summed E-state index contributed by atoms with van der Waals surface area (Å²) >= 11 is 0. The third-order valence-electron chi connectivity index (χ3n) is 8.90. The van der Waals surface area contributed by atoms with Crippen LogP contribution in [0.3, 0.4) is 0 Å². The molecule has 2 spiro atoms. The van der Waals surface area contributed by atoms with Crippen LogP contribution in [0.25, 0.3) is 0 Å². The highest BCUT2D eigenvalue weighted by atomic mass is 32.2. The van der Waals surface area contributed by atoms with Crippen molar-refractivity contribution in [2.75, 3.05) is 39.3 Å². The first-order valence-electron chi connectivity index (χ1n) is 12.7. The number of nitrogens with one attached hydrogen (secondary N) is 1. The van der Waals surface area contributed by atoms with Gasteiger partial charge >= 0.3 is 12.2 Å². The van der Waals surface area contributed by atoms with Crippen molar-refractivity contribution in [3.05, 3.63) is 41.5 Å². The summed E-state index contributed by atoms with van der Waals surface area (Å²) in [5.74, 6) is 1.61. The van der Waals surface area contributed by atoms with Crippen molar-refractivity contribution in [2.45, 2.75) is 48.3 Å². The van der Waals surface area contributed by atoms with Gasteiger partial charge in [-0.2, -0.15) is 17.5 Å². The molecular formula is C24H27F3N6O4S. The van der Waals surface area contributed by atoms with Crippen LogP contribution in [-0.2, 0) is 21.8 Å². The summed E-state index contributed by atoms with van der Waals surface area (Å²) in [6.45, 7) is 2.82. The number of hydrogen-bond donors (Lipinski definition) is 2. The summed E-state index contributed by atoms with van der Waals surface area (Å²) in [7, 11) is -3.88. The smallest absolute Gasteiger partial charge is 0.382 e. The molecule has 2 N–H and O–H groups in total. The van der Waals surface area contributed by atoms with Crippen molar-refractivity contribution in [1.82, 2.24) is 29.3 Å². The Labute approximate surface area is 216 Å². The van der Waals surface area contributed by atoms with Crippen molar-refractivity contribution in [2.24, 2.45) is 10.8 Å². The Morgan fingerprint density at radius 3 is 2.08 bits per heavy atom. The van der Waals surface area contributed by atoms with E-state index in [2.05, 4.69) is 15.2 Å². The second kappa shape index (κ2) is 7.48. The van der Waals surface area contributed by atoms with Crippen molar-refractivity contribution in [1.29, 1.82) is 0 Å². The molecule has 0 radical (unpaired) electrons. The van der Waals surface area contributed by atoms with Crippen LogP contribution in [0.1, 0.15) is 48.8 Å². The lowest BCUT2D eigenvalue weighted by Crippen LogP contribution is -2.76. The highest BCUT2D eigenvalue weighted by molar-refractivity contribution is 7.89. The molecule has 7 rings (SSSR count). The number of hydrogen-bond acceptors (Lipinski definition) is 6. The van der Waals surface area contributed by atoms with Gasteiger partial charge < -0.3 is 19.9 Å². The second-order valence-electron chi connectivity index (χ2n) is 12.0. The van der Waals surface area contributed by atoms with Crippen LogP contribution in [0.15, 0.2) is 29.2 Å². The van der Waals surface area contributed by atoms with Crippen LogP contribution >= 0.6 is 0 Å². The Balaban J connectivity index is 0.878. The fourth-order valence-electron chi connectivity index (χ4n) is 6.49. The monoisotopic (exact) mass is 552 g/mol. The summed E-state index contributed by atoms with van der Waals surface area (Å²) in [5, 5.41) is 18.5. The van der Waals surface area contributed by atoms with E-state index in [-0.39, 0.29) is 40.8 Å². The number of urea groups is 1. The van der Waals surface area contributed by atoms with Crippen molar-refractivity contribution in [3.8, 4) is 0 Å². The van der Waals surface area contributed by atoms with Gasteiger partial charge in [-0.3, -0.25) is 0 Å². The Morgan fingerprint density at radius 2 is 1.53 bits per heavy atom. The molecule has 2 saturated carbocycles. The Kier molecular flexibility index (Phi) is 4.79. The lowest BCUT2D eigenvalue weighted by atomic mass is 9.57. The fourth-order valence-corrected chi connectivity index (χ4v) is 8.16. The van der Waals surface area contributed by atoms with Gasteiger partial charge in [-0.15, -0.1) is 10.2 Å². The predicted octanol–water partition coefficient (Wildman–Crippen LogP) is 2.11. The van der Waals surface area contributed by atoms with Gasteiger partial charge in [0.15, 0.2) is 5.82 Å². The first-order chi connectivity index (χ1) is 17.8. The van der Waals surface area contributed by atoms with Crippen molar-refractivity contribution >= 4 is 16.1 Å². The van der Waals surface area contributed by atoms with Crippen LogP contribution in [0.5, 0.6) is 0 Å². The van der Waals surface area contributed by atoms with Gasteiger partial charge in [0.2, 0.25) is 10.0 Å². The lowest BCUT2D eigenvalue weighted by molar-refractivity contribution is -0.137. The molecule has 10 nitrogen and oxygen atoms in total. The van der Waals surface area contributed by atoms with E-state index in [0.717, 1.165) is 42.9 Å². The number of nitrogens with zero attached hydrogens (tertiary/aromatic N) is 5. The summed E-state index contributed by atoms with van der Waals surface area (Å²) < 4.78 is 65.2. The highest BCUT2D eigenvalue weighted by Crippen LogP contribution is 2.56. The number of carbonyl (C=O) groups excluding carboxylic acids is 1. The molecule has 3 saturated heterocycles. The number of aromatic nitrogens is 3. The number of benzene rings is 1. The fraction of sp³-hybridized carbons (Fsp3) is 0.625. The second-order valence-corrected chi connectivity index (χ2v) is 13.9. The highest BCUT2D eigenvalue weighted by Gasteiger charge is 2.60. The molecule has 0 atom stereocenters. The molecule has 4 heterocycles. The van der Waals surface area contributed by atoms with E-state index in [4.69, 9.17) is 0 Å². The quantitative estimate of drug-likeness (QED) is 0.599. The van der Waals surface area contributed by atoms with E-state index in [1.165, 1.54) is 4.31 Å². The van der Waals surface area contributed by atoms with Crippen LogP contribution in [0.2, 0.25) is 0 Å². The maximum Gasteiger partial charge on any atom is 0.416 e. The summed E-state index contributed by atoms with van der Waals surface area (Å²) in [6.07, 6.45) is -1.27. The summed E-state index contributed by atoms with van der Waals surface area (Å²) in [5.41, 5.74) is -1.90. The molecule has 3 aliphatic heterocycles. The molecule has 5 aliphatic rings. The normalized spacial score (nSPS) is 25.5. The molecule has 5 fully saturated rings. The molecule has 2 amide bonds. The number of aromatic amines is 1. The average Bonchev–Trinajstić information content (AvgIpc) is 3.30. The van der Waals surface area contributed by atoms with Gasteiger partial charge in [0.1, 0.15) is 11.4 Å². The number of H-pyrrole nitrogens is 1. The number of amides is 2. The largest absolute Gasteiger partial charge is 0.416 e. The van der Waals surface area contributed by atoms with Gasteiger partial charge in [-0.25, -0.2) is 13.2 Å². The SMILES string of the molecule is O=C(N1CC2(CC(c3nnc(C4(O)CC4)[nH]3)C2)C1)N1CC2(C1)CN(S(=O)(=O)c1ccc(C(F)(F)F)cc1)C2. The Hall–Kier alpha value is -2.71. The van der Waals surface area contributed by atoms with Gasteiger partial charge in [0.05, 0.1) is 10.5 Å². The van der Waals surface area contributed by atoms with E-state index < -0.39 is 27.4 Å². The van der Waals surface area contributed by atoms with E-state index in [1.807, 2.05) is 4.90 Å². The Morgan fingerprint density at radius 1 is 0.947 bits per heavy atom. The van der Waals surface area contributed by atoms with Gasteiger partial charge in [-0.1, -0.05) is 0 Å². The number of alkyl halides is 3. The van der Waals surface area contributed by atoms with Crippen LogP contribution in [0, 0.1) is 10.8 Å². The number of carbonyl (C=O) groups is 1. The van der Waals surface area contributed by atoms with E-state index in [0.29, 0.717) is 44.8 Å². The number of likely N-dealkylation sites (tertiary alicyclic amines) is 2. The zero-order valence-corrected chi connectivity index (χ0v) is 21.2. The molecule has 0 unspecified atom stereocenters. The molecular weight excluding hydrogens is 525 g/mol. The van der Waals surface area contributed by atoms with Gasteiger partial charge in [0.25, 0.3) is 0 Å². The maximum atomic E-state index is 12.9. The maximum absolute atomic E-state index is 12.9. The predicted molar refractivity (Wildman–Crippen MR) is 125 cm³/mol. The number of halogens is 3. The van der Waals surface area contributed by atoms with Crippen LogP contribution in [0.4, 0.5) is 18.0 Å². The minimum atomic E-state index is -4.53. The van der Waals surface area contributed by atoms with Crippen molar-refractivity contribution < 1.29 is 31.5 Å². The van der Waals surface area contributed by atoms with E-state index in [1.54, 1.807) is 4.90 Å². The molecule has 204 valence electrons. The van der Waals surface area contributed by atoms with E-state index in [9.17, 15) is 31.5 Å². The van der Waals surface area contributed by atoms with Gasteiger partial charge in [-0.05, 0) is 49.9 Å². The lowest BCUT2D eigenvalue weighted by Gasteiger charge is -2.63. The third kappa shape index (κ3) is 3.67. The first-order valence-corrected chi connectivity index (χ1v) is 14.1. The molecule has 2 aromatic rings. The topological polar surface area (TPSA) is 123 Å². The molecule has 2 aliphatic carbocycles. The summed E-state index contributed by atoms with van der Waals surface area (Å²) in [6, 6.07) is 3.49. The molecule has 1 aromatic heterocycles. The number of rotatable bonds is 4.